The summed E-state index contributed by atoms with van der Waals surface area (Å²) >= 11 is 0. The molecule has 0 saturated carbocycles. The number of aromatic nitrogens is 3. The van der Waals surface area contributed by atoms with E-state index in [0.29, 0.717) is 30.4 Å². The van der Waals surface area contributed by atoms with E-state index >= 15 is 0 Å². The van der Waals surface area contributed by atoms with Crippen molar-refractivity contribution in [1.29, 1.82) is 0 Å². The van der Waals surface area contributed by atoms with Crippen molar-refractivity contribution in [3.63, 3.8) is 0 Å². The fourth-order valence-electron chi connectivity index (χ4n) is 1.56. The van der Waals surface area contributed by atoms with Gasteiger partial charge in [-0.1, -0.05) is 13.8 Å². The maximum Gasteiger partial charge on any atom is 0.323 e. The molecule has 120 valence electrons. The molecule has 0 aromatic carbocycles. The molecular weight excluding hydrogens is 270 g/mol. The summed E-state index contributed by atoms with van der Waals surface area (Å²) in [5.41, 5.74) is 0. The van der Waals surface area contributed by atoms with E-state index in [4.69, 9.17) is 9.47 Å². The summed E-state index contributed by atoms with van der Waals surface area (Å²) < 4.78 is 10.9. The van der Waals surface area contributed by atoms with Crippen LogP contribution in [0.3, 0.4) is 0 Å². The van der Waals surface area contributed by atoms with E-state index in [-0.39, 0.29) is 0 Å². The van der Waals surface area contributed by atoms with Crippen molar-refractivity contribution in [1.82, 2.24) is 15.0 Å². The van der Waals surface area contributed by atoms with Gasteiger partial charge in [0.05, 0.1) is 6.61 Å². The number of ether oxygens (including phenoxy) is 2. The van der Waals surface area contributed by atoms with Crippen LogP contribution < -0.4 is 15.4 Å². The lowest BCUT2D eigenvalue weighted by Gasteiger charge is -2.10. The Morgan fingerprint density at radius 3 is 2.38 bits per heavy atom. The molecule has 1 rings (SSSR count). The molecular formula is C14H27N5O2. The first-order chi connectivity index (χ1) is 10.2. The minimum atomic E-state index is 0.335. The van der Waals surface area contributed by atoms with E-state index < -0.39 is 0 Å². The Labute approximate surface area is 126 Å². The lowest BCUT2D eigenvalue weighted by Crippen LogP contribution is -2.13. The zero-order valence-electron chi connectivity index (χ0n) is 13.5. The molecule has 0 radical (unpaired) electrons. The first-order valence-corrected chi connectivity index (χ1v) is 7.60. The second-order valence-corrected chi connectivity index (χ2v) is 4.98. The molecule has 1 heterocycles. The summed E-state index contributed by atoms with van der Waals surface area (Å²) in [6, 6.07) is 0.335. The Kier molecular flexibility index (Phi) is 8.42. The molecule has 0 aliphatic heterocycles. The average Bonchev–Trinajstić information content (AvgIpc) is 2.43. The van der Waals surface area contributed by atoms with Gasteiger partial charge in [0.25, 0.3) is 0 Å². The number of rotatable bonds is 11. The largest absolute Gasteiger partial charge is 0.464 e. The fraction of sp³-hybridized carbons (Fsp3) is 0.786. The molecule has 0 aliphatic carbocycles. The fourth-order valence-corrected chi connectivity index (χ4v) is 1.56. The minimum absolute atomic E-state index is 0.335. The Morgan fingerprint density at radius 1 is 1.05 bits per heavy atom. The highest BCUT2D eigenvalue weighted by Gasteiger charge is 2.06. The van der Waals surface area contributed by atoms with E-state index in [1.165, 1.54) is 0 Å². The van der Waals surface area contributed by atoms with Crippen LogP contribution in [-0.4, -0.2) is 47.9 Å². The van der Waals surface area contributed by atoms with Gasteiger partial charge in [-0.3, -0.25) is 0 Å². The molecule has 0 fully saturated rings. The van der Waals surface area contributed by atoms with Crippen LogP contribution in [0, 0.1) is 5.92 Å². The molecule has 0 spiro atoms. The number of anilines is 2. The Hall–Kier alpha value is -1.63. The maximum atomic E-state index is 5.53. The maximum absolute atomic E-state index is 5.53. The van der Waals surface area contributed by atoms with Crippen LogP contribution >= 0.6 is 0 Å². The second-order valence-electron chi connectivity index (χ2n) is 4.98. The van der Waals surface area contributed by atoms with Gasteiger partial charge in [-0.05, 0) is 26.2 Å². The molecule has 0 aliphatic rings. The Morgan fingerprint density at radius 2 is 1.76 bits per heavy atom. The van der Waals surface area contributed by atoms with Gasteiger partial charge in [-0.25, -0.2) is 0 Å². The topological polar surface area (TPSA) is 81.2 Å². The van der Waals surface area contributed by atoms with E-state index in [1.807, 2.05) is 13.8 Å². The first-order valence-electron chi connectivity index (χ1n) is 7.60. The van der Waals surface area contributed by atoms with Crippen molar-refractivity contribution in [3.8, 4) is 6.01 Å². The van der Waals surface area contributed by atoms with E-state index in [9.17, 15) is 0 Å². The molecule has 0 saturated heterocycles. The third-order valence-corrected chi connectivity index (χ3v) is 2.42. The van der Waals surface area contributed by atoms with E-state index in [2.05, 4.69) is 39.4 Å². The molecule has 1 aromatic rings. The lowest BCUT2D eigenvalue weighted by atomic mass is 10.2. The van der Waals surface area contributed by atoms with Crippen LogP contribution in [0.1, 0.15) is 34.1 Å². The molecule has 7 heteroatoms. The summed E-state index contributed by atoms with van der Waals surface area (Å²) in [7, 11) is 0. The van der Waals surface area contributed by atoms with Crippen LogP contribution in [0.15, 0.2) is 0 Å². The van der Waals surface area contributed by atoms with E-state index in [1.54, 1.807) is 0 Å². The minimum Gasteiger partial charge on any atom is -0.464 e. The smallest absolute Gasteiger partial charge is 0.323 e. The number of nitrogens with one attached hydrogen (secondary N) is 2. The summed E-state index contributed by atoms with van der Waals surface area (Å²) in [5, 5.41) is 6.23. The zero-order valence-corrected chi connectivity index (χ0v) is 13.5. The van der Waals surface area contributed by atoms with Crippen molar-refractivity contribution < 1.29 is 9.47 Å². The molecule has 2 N–H and O–H groups in total. The summed E-state index contributed by atoms with van der Waals surface area (Å²) in [4.78, 5) is 12.7. The normalized spacial score (nSPS) is 10.7. The quantitative estimate of drug-likeness (QED) is 0.606. The number of hydrogen-bond acceptors (Lipinski definition) is 7. The van der Waals surface area contributed by atoms with Crippen molar-refractivity contribution in [2.24, 2.45) is 5.92 Å². The molecule has 1 aromatic heterocycles. The second kappa shape index (κ2) is 10.1. The number of nitrogens with zero attached hydrogens (tertiary/aromatic N) is 3. The average molecular weight is 297 g/mol. The van der Waals surface area contributed by atoms with Gasteiger partial charge in [-0.15, -0.1) is 0 Å². The van der Waals surface area contributed by atoms with Crippen molar-refractivity contribution >= 4 is 11.9 Å². The highest BCUT2D eigenvalue weighted by atomic mass is 16.5. The molecule has 0 amide bonds. The molecule has 0 unspecified atom stereocenters. The van der Waals surface area contributed by atoms with Crippen LogP contribution in [0.25, 0.3) is 0 Å². The predicted molar refractivity (Wildman–Crippen MR) is 83.9 cm³/mol. The Bertz CT molecular complexity index is 377. The van der Waals surface area contributed by atoms with Gasteiger partial charge >= 0.3 is 6.01 Å². The summed E-state index contributed by atoms with van der Waals surface area (Å²) in [5.74, 6) is 1.61. The predicted octanol–water partition coefficient (Wildman–Crippen LogP) is 2.18. The highest BCUT2D eigenvalue weighted by molar-refractivity contribution is 5.35. The van der Waals surface area contributed by atoms with Gasteiger partial charge < -0.3 is 20.1 Å². The van der Waals surface area contributed by atoms with Crippen molar-refractivity contribution in [2.75, 3.05) is 43.5 Å². The zero-order chi connectivity index (χ0) is 15.5. The van der Waals surface area contributed by atoms with Crippen LogP contribution in [0.4, 0.5) is 11.9 Å². The summed E-state index contributed by atoms with van der Waals surface area (Å²) in [6.45, 7) is 11.7. The van der Waals surface area contributed by atoms with E-state index in [0.717, 1.165) is 32.7 Å². The van der Waals surface area contributed by atoms with Gasteiger partial charge in [0.2, 0.25) is 11.9 Å². The Balaban J connectivity index is 2.41. The third kappa shape index (κ3) is 7.65. The number of hydrogen-bond donors (Lipinski definition) is 2. The molecule has 0 atom stereocenters. The van der Waals surface area contributed by atoms with Crippen LogP contribution in [0.5, 0.6) is 6.01 Å². The molecule has 21 heavy (non-hydrogen) atoms. The van der Waals surface area contributed by atoms with Crippen LogP contribution in [0.2, 0.25) is 0 Å². The lowest BCUT2D eigenvalue weighted by molar-refractivity contribution is 0.110. The molecule has 0 bridgehead atoms. The first kappa shape index (κ1) is 17.4. The standard InChI is InChI=1S/C14H27N5O2/c1-5-15-12-17-13(19-14(18-12)21-6-2)16-8-7-9-20-10-11(3)4/h11H,5-10H2,1-4H3,(H2,15,16,17,18,19). The molecule has 7 nitrogen and oxygen atoms in total. The van der Waals surface area contributed by atoms with Gasteiger partial charge in [0.1, 0.15) is 0 Å². The SMILES string of the molecule is CCNc1nc(NCCCOCC(C)C)nc(OCC)n1. The third-order valence-electron chi connectivity index (χ3n) is 2.42. The van der Waals surface area contributed by atoms with Crippen molar-refractivity contribution in [3.05, 3.63) is 0 Å². The van der Waals surface area contributed by atoms with Crippen molar-refractivity contribution in [2.45, 2.75) is 34.1 Å². The monoisotopic (exact) mass is 297 g/mol. The summed E-state index contributed by atoms with van der Waals surface area (Å²) in [6.07, 6.45) is 0.902. The highest BCUT2D eigenvalue weighted by Crippen LogP contribution is 2.11. The van der Waals surface area contributed by atoms with Gasteiger partial charge in [0, 0.05) is 26.3 Å². The van der Waals surface area contributed by atoms with Gasteiger partial charge in [0.15, 0.2) is 0 Å². The van der Waals surface area contributed by atoms with Gasteiger partial charge in [-0.2, -0.15) is 15.0 Å². The van der Waals surface area contributed by atoms with Crippen LogP contribution in [-0.2, 0) is 4.74 Å².